The van der Waals surface area contributed by atoms with E-state index in [2.05, 4.69) is 0 Å². The van der Waals surface area contributed by atoms with E-state index in [1.807, 2.05) is 18.2 Å². The number of ketones is 2. The molecule has 0 radical (unpaired) electrons. The van der Waals surface area contributed by atoms with Gasteiger partial charge in [-0.2, -0.15) is 0 Å². The quantitative estimate of drug-likeness (QED) is 0.303. The highest BCUT2D eigenvalue weighted by Crippen LogP contribution is 2.55. The minimum atomic E-state index is -0.989. The molecule has 9 heteroatoms. The SMILES string of the molecule is CC1=CC(=O)C2=C(C1=O)C(c1ccc(OCCO)cc1)C1=CCC3C(=O)N(CCCC(=O)O)C(=O)C3C1C2. The number of carbonyl (C=O) groups excluding carboxylic acids is 4. The molecule has 1 aromatic carbocycles. The number of amides is 2. The van der Waals surface area contributed by atoms with Gasteiger partial charge < -0.3 is 14.9 Å². The standard InChI is InChI=1S/C29H29NO8/c1-15-13-22(32)21-14-20-18(8-9-19-25(20)29(37)30(28(19)36)10-2-3-23(33)34)24(26(21)27(15)35)16-4-6-17(7-5-16)38-12-11-31/h4-8,13,19-20,24-25,31H,2-3,9-12,14H2,1H3,(H,33,34). The smallest absolute Gasteiger partial charge is 0.303 e. The summed E-state index contributed by atoms with van der Waals surface area (Å²) in [6.45, 7) is 1.69. The normalized spacial score (nSPS) is 26.5. The van der Waals surface area contributed by atoms with Crippen LogP contribution in [0.15, 0.2) is 58.7 Å². The van der Waals surface area contributed by atoms with E-state index in [0.29, 0.717) is 28.9 Å². The zero-order valence-electron chi connectivity index (χ0n) is 21.0. The molecule has 4 atom stereocenters. The molecule has 0 saturated carbocycles. The van der Waals surface area contributed by atoms with Gasteiger partial charge in [-0.1, -0.05) is 23.8 Å². The molecule has 2 N–H and O–H groups in total. The van der Waals surface area contributed by atoms with Gasteiger partial charge in [0.05, 0.1) is 18.4 Å². The molecule has 38 heavy (non-hydrogen) atoms. The summed E-state index contributed by atoms with van der Waals surface area (Å²) in [6, 6.07) is 7.13. The van der Waals surface area contributed by atoms with Crippen molar-refractivity contribution >= 4 is 29.4 Å². The van der Waals surface area contributed by atoms with Crippen molar-refractivity contribution in [3.63, 3.8) is 0 Å². The Kier molecular flexibility index (Phi) is 6.88. The first-order valence-corrected chi connectivity index (χ1v) is 12.8. The molecule has 1 fully saturated rings. The van der Waals surface area contributed by atoms with Gasteiger partial charge in [0.25, 0.3) is 0 Å². The number of likely N-dealkylation sites (tertiary alicyclic amines) is 1. The second kappa shape index (κ2) is 10.1. The number of hydrogen-bond donors (Lipinski definition) is 2. The summed E-state index contributed by atoms with van der Waals surface area (Å²) in [7, 11) is 0. The van der Waals surface area contributed by atoms with Gasteiger partial charge in [0.1, 0.15) is 12.4 Å². The maximum absolute atomic E-state index is 13.5. The highest BCUT2D eigenvalue weighted by atomic mass is 16.5. The topological polar surface area (TPSA) is 138 Å². The predicted molar refractivity (Wildman–Crippen MR) is 134 cm³/mol. The zero-order chi connectivity index (χ0) is 27.1. The lowest BCUT2D eigenvalue weighted by Crippen LogP contribution is -2.39. The third-order valence-corrected chi connectivity index (χ3v) is 8.00. The Morgan fingerprint density at radius 1 is 1.08 bits per heavy atom. The molecule has 5 rings (SSSR count). The maximum atomic E-state index is 13.5. The monoisotopic (exact) mass is 519 g/mol. The van der Waals surface area contributed by atoms with Crippen molar-refractivity contribution < 1.29 is 38.9 Å². The van der Waals surface area contributed by atoms with Gasteiger partial charge in [-0.05, 0) is 55.9 Å². The second-order valence-corrected chi connectivity index (χ2v) is 10.2. The molecule has 1 heterocycles. The fourth-order valence-corrected chi connectivity index (χ4v) is 6.33. The van der Waals surface area contributed by atoms with Crippen molar-refractivity contribution in [2.24, 2.45) is 17.8 Å². The van der Waals surface area contributed by atoms with Crippen molar-refractivity contribution in [2.45, 2.75) is 38.5 Å². The van der Waals surface area contributed by atoms with Crippen LogP contribution in [0.5, 0.6) is 5.75 Å². The van der Waals surface area contributed by atoms with E-state index in [-0.39, 0.29) is 62.4 Å². The summed E-state index contributed by atoms with van der Waals surface area (Å²) in [4.78, 5) is 65.4. The fraction of sp³-hybridized carbons (Fsp3) is 0.414. The Balaban J connectivity index is 1.53. The average Bonchev–Trinajstić information content (AvgIpc) is 3.14. The lowest BCUT2D eigenvalue weighted by molar-refractivity contribution is -0.142. The molecule has 0 bridgehead atoms. The molecule has 1 saturated heterocycles. The lowest BCUT2D eigenvalue weighted by Gasteiger charge is -2.42. The minimum Gasteiger partial charge on any atom is -0.491 e. The van der Waals surface area contributed by atoms with Crippen LogP contribution in [0.3, 0.4) is 0 Å². The number of carboxylic acids is 1. The molecular weight excluding hydrogens is 490 g/mol. The van der Waals surface area contributed by atoms with E-state index in [1.54, 1.807) is 19.1 Å². The van der Waals surface area contributed by atoms with Crippen molar-refractivity contribution in [3.05, 3.63) is 64.3 Å². The molecule has 9 nitrogen and oxygen atoms in total. The third kappa shape index (κ3) is 4.30. The molecular formula is C29H29NO8. The summed E-state index contributed by atoms with van der Waals surface area (Å²) in [6.07, 6.45) is 3.87. The van der Waals surface area contributed by atoms with Crippen molar-refractivity contribution in [2.75, 3.05) is 19.8 Å². The minimum absolute atomic E-state index is 0.0467. The second-order valence-electron chi connectivity index (χ2n) is 10.2. The van der Waals surface area contributed by atoms with Gasteiger partial charge in [0.15, 0.2) is 11.6 Å². The van der Waals surface area contributed by atoms with E-state index in [1.165, 1.54) is 11.0 Å². The number of Topliss-reactive ketones (excluding diaryl/α,β-unsaturated/α-hetero) is 1. The summed E-state index contributed by atoms with van der Waals surface area (Å²) in [5, 5.41) is 18.0. The average molecular weight is 520 g/mol. The predicted octanol–water partition coefficient (Wildman–Crippen LogP) is 2.35. The molecule has 3 aliphatic carbocycles. The number of imide groups is 1. The first-order chi connectivity index (χ1) is 18.2. The van der Waals surface area contributed by atoms with Crippen LogP contribution in [0.1, 0.15) is 44.1 Å². The van der Waals surface area contributed by atoms with Crippen molar-refractivity contribution in [1.29, 1.82) is 0 Å². The van der Waals surface area contributed by atoms with Gasteiger partial charge in [-0.25, -0.2) is 0 Å². The summed E-state index contributed by atoms with van der Waals surface area (Å²) >= 11 is 0. The van der Waals surface area contributed by atoms with Gasteiger partial charge in [0, 0.05) is 35.6 Å². The molecule has 198 valence electrons. The number of carboxylic acid groups (broad SMARTS) is 1. The van der Waals surface area contributed by atoms with E-state index in [4.69, 9.17) is 14.9 Å². The van der Waals surface area contributed by atoms with Crippen LogP contribution >= 0.6 is 0 Å². The summed E-state index contributed by atoms with van der Waals surface area (Å²) < 4.78 is 5.48. The highest BCUT2D eigenvalue weighted by Gasteiger charge is 2.56. The largest absolute Gasteiger partial charge is 0.491 e. The number of carbonyl (C=O) groups is 5. The lowest BCUT2D eigenvalue weighted by atomic mass is 9.59. The summed E-state index contributed by atoms with van der Waals surface area (Å²) in [5.41, 5.74) is 2.81. The van der Waals surface area contributed by atoms with Gasteiger partial charge in [-0.3, -0.25) is 28.9 Å². The van der Waals surface area contributed by atoms with Crippen LogP contribution in [0, 0.1) is 17.8 Å². The number of allylic oxidation sites excluding steroid dienone is 6. The zero-order valence-corrected chi connectivity index (χ0v) is 21.0. The molecule has 1 aromatic rings. The molecule has 0 spiro atoms. The summed E-state index contributed by atoms with van der Waals surface area (Å²) in [5.74, 6) is -3.71. The van der Waals surface area contributed by atoms with Gasteiger partial charge >= 0.3 is 5.97 Å². The number of nitrogens with zero attached hydrogens (tertiary/aromatic N) is 1. The van der Waals surface area contributed by atoms with E-state index >= 15 is 0 Å². The Labute approximate surface area is 219 Å². The van der Waals surface area contributed by atoms with E-state index in [9.17, 15) is 24.0 Å². The van der Waals surface area contributed by atoms with Crippen molar-refractivity contribution in [3.8, 4) is 5.75 Å². The first-order valence-electron chi connectivity index (χ1n) is 12.8. The Morgan fingerprint density at radius 3 is 2.50 bits per heavy atom. The molecule has 1 aliphatic heterocycles. The van der Waals surface area contributed by atoms with Gasteiger partial charge in [0.2, 0.25) is 11.8 Å². The number of ether oxygens (including phenoxy) is 1. The Morgan fingerprint density at radius 2 is 1.82 bits per heavy atom. The number of fused-ring (bicyclic) bond motifs is 3. The van der Waals surface area contributed by atoms with Crippen LogP contribution < -0.4 is 4.74 Å². The first kappa shape index (κ1) is 25.8. The molecule has 2 amide bonds. The third-order valence-electron chi connectivity index (χ3n) is 8.00. The van der Waals surface area contributed by atoms with Crippen molar-refractivity contribution in [1.82, 2.24) is 4.90 Å². The number of benzene rings is 1. The number of hydrogen-bond acceptors (Lipinski definition) is 7. The van der Waals surface area contributed by atoms with E-state index in [0.717, 1.165) is 11.1 Å². The highest BCUT2D eigenvalue weighted by molar-refractivity contribution is 6.23. The number of aliphatic carboxylic acids is 1. The van der Waals surface area contributed by atoms with Crippen LogP contribution in [0.4, 0.5) is 0 Å². The van der Waals surface area contributed by atoms with Crippen LogP contribution in [0.25, 0.3) is 0 Å². The molecule has 4 aliphatic rings. The number of aliphatic hydroxyl groups excluding tert-OH is 1. The Bertz CT molecular complexity index is 1320. The van der Waals surface area contributed by atoms with Crippen LogP contribution in [-0.4, -0.2) is 64.2 Å². The molecule has 0 aromatic heterocycles. The molecule has 4 unspecified atom stereocenters. The number of rotatable bonds is 8. The maximum Gasteiger partial charge on any atom is 0.303 e. The van der Waals surface area contributed by atoms with Crippen LogP contribution in [0.2, 0.25) is 0 Å². The van der Waals surface area contributed by atoms with E-state index < -0.39 is 29.6 Å². The van der Waals surface area contributed by atoms with Gasteiger partial charge in [-0.15, -0.1) is 0 Å². The van der Waals surface area contributed by atoms with Crippen LogP contribution in [-0.2, 0) is 24.0 Å². The Hall–Kier alpha value is -3.85. The fourth-order valence-electron chi connectivity index (χ4n) is 6.33. The number of aliphatic hydroxyl groups is 1.